The largest absolute Gasteiger partial charge is 0.489 e. The number of nitrogens with two attached hydrogens (primary N) is 1. The van der Waals surface area contributed by atoms with E-state index in [2.05, 4.69) is 16.8 Å². The van der Waals surface area contributed by atoms with Gasteiger partial charge in [0.25, 0.3) is 11.5 Å². The first-order chi connectivity index (χ1) is 16.2. The summed E-state index contributed by atoms with van der Waals surface area (Å²) in [7, 11) is 3.07. The van der Waals surface area contributed by atoms with Crippen LogP contribution in [0.15, 0.2) is 74.1 Å². The van der Waals surface area contributed by atoms with Crippen molar-refractivity contribution >= 4 is 29.1 Å². The Morgan fingerprint density at radius 3 is 2.71 bits per heavy atom. The van der Waals surface area contributed by atoms with E-state index in [0.717, 1.165) is 4.68 Å². The fraction of sp³-hybridized carbons (Fsp3) is 0.208. The molecule has 1 saturated heterocycles. The number of ether oxygens (including phenoxy) is 1. The molecule has 1 amide bonds. The molecule has 10 heteroatoms. The molecule has 1 aliphatic carbocycles. The molecule has 1 aliphatic heterocycles. The van der Waals surface area contributed by atoms with Gasteiger partial charge in [0.2, 0.25) is 5.78 Å². The number of carbonyl (C=O) groups is 2. The predicted molar refractivity (Wildman–Crippen MR) is 127 cm³/mol. The Morgan fingerprint density at radius 2 is 2.00 bits per heavy atom. The van der Waals surface area contributed by atoms with Gasteiger partial charge in [0.15, 0.2) is 5.76 Å². The number of halogens is 1. The van der Waals surface area contributed by atoms with E-state index in [-0.39, 0.29) is 34.6 Å². The molecule has 0 saturated carbocycles. The normalized spacial score (nSPS) is 16.7. The Hall–Kier alpha value is -3.97. The van der Waals surface area contributed by atoms with Crippen LogP contribution in [0, 0.1) is 12.7 Å². The Morgan fingerprint density at radius 1 is 1.26 bits per heavy atom. The van der Waals surface area contributed by atoms with Crippen LogP contribution in [-0.4, -0.2) is 33.9 Å². The highest BCUT2D eigenvalue weighted by atomic mass is 32.2. The standard InChI is InChI=1S/C24H21FN4O4S/c1-13-21(24(32)29(28(13)2)18-7-5-4-6-17(18)25)27-23(31)20(26)16-10-11-34-19-12-14(33-3)8-9-15(19)22(16)30/h4-7,12H,10-11,26H2,1-3H3,(H,27,31). The van der Waals surface area contributed by atoms with Crippen LogP contribution < -0.4 is 16.6 Å². The topological polar surface area (TPSA) is 108 Å². The number of para-hydroxylation sites is 1. The molecule has 4 rings (SSSR count). The number of amides is 1. The second-order valence-corrected chi connectivity index (χ2v) is 8.67. The van der Waals surface area contributed by atoms with Gasteiger partial charge in [0.1, 0.15) is 22.9 Å². The van der Waals surface area contributed by atoms with Crippen LogP contribution in [0.1, 0.15) is 12.1 Å². The molecule has 0 bridgehead atoms. The molecular formula is C24H21FN4O4S. The Balaban J connectivity index is 1.71. The smallest absolute Gasteiger partial charge is 0.295 e. The average Bonchev–Trinajstić information content (AvgIpc) is 2.95. The Kier molecular flexibility index (Phi) is 6.22. The fourth-order valence-corrected chi connectivity index (χ4v) is 4.66. The lowest BCUT2D eigenvalue weighted by Crippen LogP contribution is -2.28. The minimum absolute atomic E-state index is 0.0414. The van der Waals surface area contributed by atoms with Crippen molar-refractivity contribution in [1.82, 2.24) is 9.36 Å². The highest BCUT2D eigenvalue weighted by Crippen LogP contribution is 2.35. The summed E-state index contributed by atoms with van der Waals surface area (Å²) in [6.07, 6.45) is 1.94. The molecule has 1 fully saturated rings. The molecule has 2 aliphatic rings. The van der Waals surface area contributed by atoms with Crippen LogP contribution in [-0.2, 0) is 21.4 Å². The first-order valence-electron chi connectivity index (χ1n) is 10.3. The number of allylic oxidation sites excluding steroid dienone is 3. The summed E-state index contributed by atoms with van der Waals surface area (Å²) in [6, 6.07) is 5.81. The van der Waals surface area contributed by atoms with E-state index in [1.165, 1.54) is 41.8 Å². The number of thioether (sulfide) groups is 1. The lowest BCUT2D eigenvalue weighted by molar-refractivity contribution is -0.115. The van der Waals surface area contributed by atoms with E-state index in [1.807, 2.05) is 0 Å². The van der Waals surface area contributed by atoms with Crippen LogP contribution in [0.2, 0.25) is 0 Å². The summed E-state index contributed by atoms with van der Waals surface area (Å²) in [5.74, 6) is -0.855. The van der Waals surface area contributed by atoms with Crippen LogP contribution >= 0.6 is 11.8 Å². The highest BCUT2D eigenvalue weighted by molar-refractivity contribution is 8.03. The molecule has 34 heavy (non-hydrogen) atoms. The SMILES string of the molecule is COC1=C=C=C2C(=O)C(=C(N)C(=O)Nc3c(C)n(C)n(-c4ccccc4F)c3=O)CCSC2=C1. The van der Waals surface area contributed by atoms with E-state index in [0.29, 0.717) is 22.1 Å². The summed E-state index contributed by atoms with van der Waals surface area (Å²) in [4.78, 5) is 39.8. The van der Waals surface area contributed by atoms with Gasteiger partial charge in [-0.05, 0) is 31.2 Å². The third kappa shape index (κ3) is 3.95. The summed E-state index contributed by atoms with van der Waals surface area (Å²) in [5, 5.41) is 2.51. The number of hydrogen-bond acceptors (Lipinski definition) is 6. The van der Waals surface area contributed by atoms with Gasteiger partial charge in [-0.25, -0.2) is 9.07 Å². The number of rotatable bonds is 4. The third-order valence-electron chi connectivity index (χ3n) is 5.59. The molecule has 1 aromatic heterocycles. The molecule has 0 spiro atoms. The summed E-state index contributed by atoms with van der Waals surface area (Å²) >= 11 is 1.42. The number of ketones is 1. The summed E-state index contributed by atoms with van der Waals surface area (Å²) < 4.78 is 22.0. The van der Waals surface area contributed by atoms with E-state index >= 15 is 0 Å². The van der Waals surface area contributed by atoms with E-state index in [4.69, 9.17) is 10.5 Å². The molecule has 0 unspecified atom stereocenters. The molecule has 0 atom stereocenters. The zero-order chi connectivity index (χ0) is 24.6. The van der Waals surface area contributed by atoms with Gasteiger partial charge in [-0.15, -0.1) is 11.8 Å². The zero-order valence-corrected chi connectivity index (χ0v) is 19.5. The maximum absolute atomic E-state index is 14.3. The molecule has 3 N–H and O–H groups in total. The maximum atomic E-state index is 14.3. The van der Waals surface area contributed by atoms with Gasteiger partial charge in [-0.3, -0.25) is 19.1 Å². The minimum atomic E-state index is -0.791. The van der Waals surface area contributed by atoms with Crippen LogP contribution in [0.4, 0.5) is 10.1 Å². The molecule has 174 valence electrons. The molecule has 2 aromatic rings. The van der Waals surface area contributed by atoms with Crippen molar-refractivity contribution in [2.45, 2.75) is 13.3 Å². The highest BCUT2D eigenvalue weighted by Gasteiger charge is 2.29. The van der Waals surface area contributed by atoms with Crippen molar-refractivity contribution in [1.29, 1.82) is 0 Å². The Labute approximate surface area is 198 Å². The first-order valence-corrected chi connectivity index (χ1v) is 11.3. The van der Waals surface area contributed by atoms with E-state index in [1.54, 1.807) is 26.1 Å². The van der Waals surface area contributed by atoms with Crippen LogP contribution in [0.3, 0.4) is 0 Å². The zero-order valence-electron chi connectivity index (χ0n) is 18.7. The number of nitrogens with one attached hydrogen (secondary N) is 1. The van der Waals surface area contributed by atoms with Crippen LogP contribution in [0.25, 0.3) is 5.69 Å². The Bertz CT molecular complexity index is 1460. The van der Waals surface area contributed by atoms with Crippen molar-refractivity contribution in [2.75, 3.05) is 18.2 Å². The monoisotopic (exact) mass is 480 g/mol. The van der Waals surface area contributed by atoms with Gasteiger partial charge in [-0.1, -0.05) is 17.9 Å². The molecular weight excluding hydrogens is 459 g/mol. The van der Waals surface area contributed by atoms with Gasteiger partial charge < -0.3 is 15.8 Å². The second-order valence-electron chi connectivity index (χ2n) is 7.53. The third-order valence-corrected chi connectivity index (χ3v) is 6.63. The number of methoxy groups -OCH3 is 1. The van der Waals surface area contributed by atoms with Crippen molar-refractivity contribution in [3.05, 3.63) is 91.2 Å². The van der Waals surface area contributed by atoms with Gasteiger partial charge in [0.05, 0.1) is 18.4 Å². The summed E-state index contributed by atoms with van der Waals surface area (Å²) in [6.45, 7) is 1.61. The van der Waals surface area contributed by atoms with Crippen molar-refractivity contribution in [2.24, 2.45) is 12.8 Å². The quantitative estimate of drug-likeness (QED) is 0.515. The van der Waals surface area contributed by atoms with Crippen LogP contribution in [0.5, 0.6) is 0 Å². The van der Waals surface area contributed by atoms with E-state index < -0.39 is 23.1 Å². The maximum Gasteiger partial charge on any atom is 0.295 e. The number of Topliss-reactive ketones (excluding diaryl/α,β-unsaturated/α-hetero) is 1. The number of fused-ring (bicyclic) bond motifs is 1. The number of benzene rings is 1. The van der Waals surface area contributed by atoms with Gasteiger partial charge in [0, 0.05) is 29.4 Å². The van der Waals surface area contributed by atoms with Crippen molar-refractivity contribution < 1.29 is 18.7 Å². The number of aromatic nitrogens is 2. The number of anilines is 1. The predicted octanol–water partition coefficient (Wildman–Crippen LogP) is 2.59. The average molecular weight is 481 g/mol. The molecule has 1 aromatic carbocycles. The molecule has 2 heterocycles. The lowest BCUT2D eigenvalue weighted by Gasteiger charge is -2.10. The lowest BCUT2D eigenvalue weighted by atomic mass is 9.98. The number of hydrogen-bond donors (Lipinski definition) is 2. The molecule has 0 radical (unpaired) electrons. The summed E-state index contributed by atoms with van der Waals surface area (Å²) in [5.41, 5.74) is 11.5. The minimum Gasteiger partial charge on any atom is -0.489 e. The second kappa shape index (κ2) is 9.11. The van der Waals surface area contributed by atoms with Gasteiger partial charge >= 0.3 is 0 Å². The number of carbonyl (C=O) groups excluding carboxylic acids is 2. The fourth-order valence-electron chi connectivity index (χ4n) is 3.65. The van der Waals surface area contributed by atoms with Gasteiger partial charge in [-0.2, -0.15) is 0 Å². The molecule has 8 nitrogen and oxygen atoms in total. The van der Waals surface area contributed by atoms with E-state index in [9.17, 15) is 18.8 Å². The first kappa shape index (κ1) is 23.2. The van der Waals surface area contributed by atoms with Crippen molar-refractivity contribution in [3.63, 3.8) is 0 Å². The number of nitrogens with zero attached hydrogens (tertiary/aromatic N) is 2. The van der Waals surface area contributed by atoms with Crippen molar-refractivity contribution in [3.8, 4) is 5.69 Å².